The molecule has 2 aromatic carbocycles. The van der Waals surface area contributed by atoms with Crippen molar-refractivity contribution in [3.8, 4) is 0 Å². The van der Waals surface area contributed by atoms with Crippen LogP contribution in [0.4, 0.5) is 11.4 Å². The maximum absolute atomic E-state index is 12.4. The predicted molar refractivity (Wildman–Crippen MR) is 99.5 cm³/mol. The molecule has 0 atom stereocenters. The summed E-state index contributed by atoms with van der Waals surface area (Å²) in [6, 6.07) is 12.9. The Morgan fingerprint density at radius 1 is 1.12 bits per heavy atom. The summed E-state index contributed by atoms with van der Waals surface area (Å²) in [5, 5.41) is 2.91. The van der Waals surface area contributed by atoms with Crippen LogP contribution in [0.5, 0.6) is 0 Å². The second-order valence-electron chi connectivity index (χ2n) is 5.96. The van der Waals surface area contributed by atoms with E-state index in [9.17, 15) is 9.59 Å². The van der Waals surface area contributed by atoms with Crippen LogP contribution in [-0.4, -0.2) is 18.4 Å². The molecule has 2 aromatic rings. The van der Waals surface area contributed by atoms with E-state index >= 15 is 0 Å². The van der Waals surface area contributed by atoms with Gasteiger partial charge >= 0.3 is 0 Å². The lowest BCUT2D eigenvalue weighted by Gasteiger charge is -2.28. The second kappa shape index (κ2) is 7.18. The molecule has 4 nitrogen and oxygen atoms in total. The third-order valence-corrected chi connectivity index (χ3v) is 4.72. The lowest BCUT2D eigenvalue weighted by Crippen LogP contribution is -2.35. The number of anilines is 2. The number of carbonyl (C=O) groups excluding carboxylic acids is 2. The average Bonchev–Trinajstić information content (AvgIpc) is 2.58. The highest BCUT2D eigenvalue weighted by Gasteiger charge is 2.21. The summed E-state index contributed by atoms with van der Waals surface area (Å²) < 4.78 is 0.931. The number of hydrogen-bond acceptors (Lipinski definition) is 2. The van der Waals surface area contributed by atoms with Crippen LogP contribution in [0.3, 0.4) is 0 Å². The lowest BCUT2D eigenvalue weighted by atomic mass is 10.1. The summed E-state index contributed by atoms with van der Waals surface area (Å²) >= 11 is 3.36. The molecular weight excluding hydrogens is 368 g/mol. The van der Waals surface area contributed by atoms with E-state index in [1.807, 2.05) is 42.2 Å². The number of nitrogens with one attached hydrogen (secondary N) is 1. The summed E-state index contributed by atoms with van der Waals surface area (Å²) in [5.41, 5.74) is 3.21. The average molecular weight is 387 g/mol. The summed E-state index contributed by atoms with van der Waals surface area (Å²) in [7, 11) is 0. The van der Waals surface area contributed by atoms with Crippen molar-refractivity contribution in [2.24, 2.45) is 0 Å². The van der Waals surface area contributed by atoms with Crippen molar-refractivity contribution >= 4 is 39.1 Å². The van der Waals surface area contributed by atoms with Crippen LogP contribution < -0.4 is 10.2 Å². The van der Waals surface area contributed by atoms with Crippen LogP contribution in [0.1, 0.15) is 35.2 Å². The van der Waals surface area contributed by atoms with E-state index in [0.717, 1.165) is 35.1 Å². The zero-order chi connectivity index (χ0) is 17.1. The first-order chi connectivity index (χ1) is 11.5. The van der Waals surface area contributed by atoms with E-state index in [0.29, 0.717) is 17.7 Å². The molecule has 0 unspecified atom stereocenters. The molecule has 0 saturated carbocycles. The van der Waals surface area contributed by atoms with Crippen LogP contribution in [-0.2, 0) is 4.79 Å². The maximum Gasteiger partial charge on any atom is 0.255 e. The molecule has 1 aliphatic heterocycles. The van der Waals surface area contributed by atoms with E-state index in [2.05, 4.69) is 21.2 Å². The Hall–Kier alpha value is -2.14. The number of amides is 2. The van der Waals surface area contributed by atoms with Gasteiger partial charge in [-0.1, -0.05) is 22.0 Å². The zero-order valence-corrected chi connectivity index (χ0v) is 15.1. The van der Waals surface area contributed by atoms with Crippen molar-refractivity contribution in [3.63, 3.8) is 0 Å². The molecule has 24 heavy (non-hydrogen) atoms. The molecule has 1 heterocycles. The van der Waals surface area contributed by atoms with Gasteiger partial charge in [0.05, 0.1) is 0 Å². The van der Waals surface area contributed by atoms with Crippen LogP contribution >= 0.6 is 15.9 Å². The summed E-state index contributed by atoms with van der Waals surface area (Å²) in [4.78, 5) is 26.4. The molecule has 0 aromatic heterocycles. The number of aryl methyl sites for hydroxylation is 1. The van der Waals surface area contributed by atoms with Gasteiger partial charge in [-0.2, -0.15) is 0 Å². The van der Waals surface area contributed by atoms with E-state index in [1.165, 1.54) is 0 Å². The summed E-state index contributed by atoms with van der Waals surface area (Å²) in [6.45, 7) is 2.72. The molecule has 0 spiro atoms. The largest absolute Gasteiger partial charge is 0.322 e. The minimum Gasteiger partial charge on any atom is -0.322 e. The van der Waals surface area contributed by atoms with Gasteiger partial charge < -0.3 is 10.2 Å². The normalized spacial score (nSPS) is 14.6. The monoisotopic (exact) mass is 386 g/mol. The lowest BCUT2D eigenvalue weighted by molar-refractivity contribution is -0.119. The Morgan fingerprint density at radius 2 is 1.88 bits per heavy atom. The van der Waals surface area contributed by atoms with Crippen LogP contribution in [0, 0.1) is 6.92 Å². The first kappa shape index (κ1) is 16.7. The third-order valence-electron chi connectivity index (χ3n) is 4.19. The fourth-order valence-corrected chi connectivity index (χ4v) is 3.11. The molecule has 1 aliphatic rings. The molecule has 1 fully saturated rings. The minimum absolute atomic E-state index is 0.153. The number of nitrogens with zero attached hydrogens (tertiary/aromatic N) is 1. The number of piperidine rings is 1. The first-order valence-electron chi connectivity index (χ1n) is 8.02. The van der Waals surface area contributed by atoms with E-state index in [1.54, 1.807) is 12.1 Å². The van der Waals surface area contributed by atoms with Gasteiger partial charge in [0.1, 0.15) is 0 Å². The van der Waals surface area contributed by atoms with E-state index in [4.69, 9.17) is 0 Å². The zero-order valence-electron chi connectivity index (χ0n) is 13.5. The molecule has 0 bridgehead atoms. The molecule has 0 radical (unpaired) electrons. The van der Waals surface area contributed by atoms with Crippen molar-refractivity contribution in [2.75, 3.05) is 16.8 Å². The van der Waals surface area contributed by atoms with Crippen molar-refractivity contribution in [3.05, 3.63) is 58.1 Å². The Kier molecular flexibility index (Phi) is 5.00. The van der Waals surface area contributed by atoms with Crippen molar-refractivity contribution in [2.45, 2.75) is 26.2 Å². The standard InChI is InChI=1S/C19H19BrN2O2/c1-13-5-10-16(12-17(13)22-11-3-2-4-18(22)23)21-19(24)14-6-8-15(20)9-7-14/h5-10,12H,2-4,11H2,1H3,(H,21,24). The molecule has 1 N–H and O–H groups in total. The number of benzene rings is 2. The van der Waals surface area contributed by atoms with Crippen molar-refractivity contribution < 1.29 is 9.59 Å². The van der Waals surface area contributed by atoms with E-state index < -0.39 is 0 Å². The summed E-state index contributed by atoms with van der Waals surface area (Å²) in [6.07, 6.45) is 2.56. The van der Waals surface area contributed by atoms with Crippen LogP contribution in [0.2, 0.25) is 0 Å². The molecule has 0 aliphatic carbocycles. The number of carbonyl (C=O) groups is 2. The minimum atomic E-state index is -0.165. The highest BCUT2D eigenvalue weighted by Crippen LogP contribution is 2.28. The molecular formula is C19H19BrN2O2. The molecule has 124 valence electrons. The van der Waals surface area contributed by atoms with Gasteiger partial charge in [0.2, 0.25) is 5.91 Å². The topological polar surface area (TPSA) is 49.4 Å². The maximum atomic E-state index is 12.4. The Labute approximate surface area is 150 Å². The Balaban J connectivity index is 1.81. The second-order valence-corrected chi connectivity index (χ2v) is 6.88. The number of halogens is 1. The molecule has 3 rings (SSSR count). The molecule has 1 saturated heterocycles. The van der Waals surface area contributed by atoms with Crippen LogP contribution in [0.15, 0.2) is 46.9 Å². The molecule has 2 amide bonds. The third kappa shape index (κ3) is 3.67. The van der Waals surface area contributed by atoms with E-state index in [-0.39, 0.29) is 11.8 Å². The van der Waals surface area contributed by atoms with Crippen molar-refractivity contribution in [1.29, 1.82) is 0 Å². The van der Waals surface area contributed by atoms with Gasteiger partial charge in [0, 0.05) is 34.4 Å². The smallest absolute Gasteiger partial charge is 0.255 e. The van der Waals surface area contributed by atoms with Gasteiger partial charge in [0.25, 0.3) is 5.91 Å². The highest BCUT2D eigenvalue weighted by atomic mass is 79.9. The number of rotatable bonds is 3. The Morgan fingerprint density at radius 3 is 2.58 bits per heavy atom. The Bertz CT molecular complexity index is 771. The quantitative estimate of drug-likeness (QED) is 0.842. The van der Waals surface area contributed by atoms with Crippen molar-refractivity contribution in [1.82, 2.24) is 0 Å². The molecule has 5 heteroatoms. The van der Waals surface area contributed by atoms with Gasteiger partial charge in [0.15, 0.2) is 0 Å². The van der Waals surface area contributed by atoms with Gasteiger partial charge in [-0.05, 0) is 61.7 Å². The highest BCUT2D eigenvalue weighted by molar-refractivity contribution is 9.10. The van der Waals surface area contributed by atoms with Gasteiger partial charge in [-0.15, -0.1) is 0 Å². The number of hydrogen-bond donors (Lipinski definition) is 1. The summed E-state index contributed by atoms with van der Waals surface area (Å²) in [5.74, 6) is -0.0111. The fraction of sp³-hybridized carbons (Fsp3) is 0.263. The first-order valence-corrected chi connectivity index (χ1v) is 8.82. The van der Waals surface area contributed by atoms with Gasteiger partial charge in [-0.3, -0.25) is 9.59 Å². The van der Waals surface area contributed by atoms with Crippen LogP contribution in [0.25, 0.3) is 0 Å². The fourth-order valence-electron chi connectivity index (χ4n) is 2.84. The SMILES string of the molecule is Cc1ccc(NC(=O)c2ccc(Br)cc2)cc1N1CCCCC1=O. The predicted octanol–water partition coefficient (Wildman–Crippen LogP) is 4.53. The van der Waals surface area contributed by atoms with Gasteiger partial charge in [-0.25, -0.2) is 0 Å².